The Labute approximate surface area is 112 Å². The lowest BCUT2D eigenvalue weighted by Gasteiger charge is -2.10. The van der Waals surface area contributed by atoms with Crippen LogP contribution in [0.2, 0.25) is 0 Å². The fraction of sp³-hybridized carbons (Fsp3) is 0.667. The van der Waals surface area contributed by atoms with Gasteiger partial charge in [0.2, 0.25) is 10.0 Å². The lowest BCUT2D eigenvalue weighted by molar-refractivity contribution is 0.558. The van der Waals surface area contributed by atoms with Crippen LogP contribution in [0.15, 0.2) is 16.3 Å². The minimum Gasteiger partial charge on any atom is -0.309 e. The molecule has 0 radical (unpaired) electrons. The monoisotopic (exact) mass is 286 g/mol. The molecule has 1 heterocycles. The van der Waals surface area contributed by atoms with Crippen LogP contribution >= 0.6 is 11.3 Å². The first kappa shape index (κ1) is 12.6. The molecule has 0 bridgehead atoms. The molecule has 2 aliphatic carbocycles. The molecular weight excluding hydrogens is 268 g/mol. The number of thiophene rings is 1. The van der Waals surface area contributed by atoms with Crippen molar-refractivity contribution in [2.75, 3.05) is 0 Å². The summed E-state index contributed by atoms with van der Waals surface area (Å²) >= 11 is 1.51. The highest BCUT2D eigenvalue weighted by atomic mass is 32.2. The van der Waals surface area contributed by atoms with E-state index in [1.807, 2.05) is 6.92 Å². The molecule has 0 aromatic carbocycles. The van der Waals surface area contributed by atoms with Gasteiger partial charge in [-0.1, -0.05) is 0 Å². The summed E-state index contributed by atoms with van der Waals surface area (Å²) in [6.45, 7) is 2.73. The zero-order valence-electron chi connectivity index (χ0n) is 10.4. The van der Waals surface area contributed by atoms with Crippen LogP contribution in [-0.4, -0.2) is 20.0 Å². The van der Waals surface area contributed by atoms with Crippen molar-refractivity contribution in [3.8, 4) is 0 Å². The maximum Gasteiger partial charge on any atom is 0.241 e. The van der Waals surface area contributed by atoms with Crippen LogP contribution < -0.4 is 10.0 Å². The molecule has 1 aromatic rings. The Kier molecular flexibility index (Phi) is 3.01. The van der Waals surface area contributed by atoms with Crippen LogP contribution in [0.1, 0.15) is 37.5 Å². The van der Waals surface area contributed by atoms with Crippen molar-refractivity contribution in [3.63, 3.8) is 0 Å². The van der Waals surface area contributed by atoms with Gasteiger partial charge >= 0.3 is 0 Å². The van der Waals surface area contributed by atoms with Gasteiger partial charge in [0.25, 0.3) is 0 Å². The van der Waals surface area contributed by atoms with Gasteiger partial charge in [-0.25, -0.2) is 13.1 Å². The lowest BCUT2D eigenvalue weighted by atomic mass is 10.4. The molecule has 0 unspecified atom stereocenters. The smallest absolute Gasteiger partial charge is 0.241 e. The summed E-state index contributed by atoms with van der Waals surface area (Å²) in [7, 11) is -3.32. The van der Waals surface area contributed by atoms with E-state index in [1.165, 1.54) is 24.2 Å². The molecule has 0 saturated heterocycles. The largest absolute Gasteiger partial charge is 0.309 e. The standard InChI is InChI=1S/C12H18N2O2S2/c1-12(4-5-12)14-18(15,16)11-6-10(17-8-11)7-13-9-2-3-9/h6,8-9,13-14H,2-5,7H2,1H3. The first-order valence-corrected chi connectivity index (χ1v) is 8.68. The Hall–Kier alpha value is -0.430. The van der Waals surface area contributed by atoms with Crippen molar-refractivity contribution >= 4 is 21.4 Å². The first-order valence-electron chi connectivity index (χ1n) is 6.32. The Morgan fingerprint density at radius 1 is 1.44 bits per heavy atom. The number of hydrogen-bond donors (Lipinski definition) is 2. The Morgan fingerprint density at radius 3 is 2.78 bits per heavy atom. The predicted molar refractivity (Wildman–Crippen MR) is 72.1 cm³/mol. The molecular formula is C12H18N2O2S2. The van der Waals surface area contributed by atoms with Crippen molar-refractivity contribution in [1.82, 2.24) is 10.0 Å². The molecule has 0 amide bonds. The van der Waals surface area contributed by atoms with Crippen molar-refractivity contribution in [2.24, 2.45) is 0 Å². The minimum absolute atomic E-state index is 0.201. The molecule has 2 saturated carbocycles. The van der Waals surface area contributed by atoms with Crippen LogP contribution in [0, 0.1) is 0 Å². The van der Waals surface area contributed by atoms with E-state index in [2.05, 4.69) is 10.0 Å². The summed E-state index contributed by atoms with van der Waals surface area (Å²) in [6, 6.07) is 2.43. The van der Waals surface area contributed by atoms with Crippen molar-refractivity contribution < 1.29 is 8.42 Å². The summed E-state index contributed by atoms with van der Waals surface area (Å²) in [5.74, 6) is 0. The molecule has 100 valence electrons. The molecule has 0 aliphatic heterocycles. The van der Waals surface area contributed by atoms with Gasteiger partial charge in [0.05, 0.1) is 4.90 Å². The number of hydrogen-bond acceptors (Lipinski definition) is 4. The molecule has 3 rings (SSSR count). The first-order chi connectivity index (χ1) is 8.47. The van der Waals surface area contributed by atoms with E-state index < -0.39 is 10.0 Å². The summed E-state index contributed by atoms with van der Waals surface area (Å²) < 4.78 is 27.0. The average molecular weight is 286 g/mol. The van der Waals surface area contributed by atoms with Crippen LogP contribution in [0.25, 0.3) is 0 Å². The average Bonchev–Trinajstić information content (AvgIpc) is 3.18. The second-order valence-corrected chi connectivity index (χ2v) is 8.25. The van der Waals surface area contributed by atoms with Crippen LogP contribution in [0.5, 0.6) is 0 Å². The number of rotatable bonds is 6. The zero-order chi connectivity index (χ0) is 12.8. The molecule has 0 spiro atoms. The van der Waals surface area contributed by atoms with E-state index in [0.717, 1.165) is 24.3 Å². The van der Waals surface area contributed by atoms with Gasteiger partial charge in [-0.3, -0.25) is 0 Å². The number of nitrogens with one attached hydrogen (secondary N) is 2. The van der Waals surface area contributed by atoms with Gasteiger partial charge in [0.1, 0.15) is 0 Å². The lowest BCUT2D eigenvalue weighted by Crippen LogP contribution is -2.33. The van der Waals surface area contributed by atoms with Crippen molar-refractivity contribution in [1.29, 1.82) is 0 Å². The highest BCUT2D eigenvalue weighted by Crippen LogP contribution is 2.36. The van der Waals surface area contributed by atoms with E-state index >= 15 is 0 Å². The highest BCUT2D eigenvalue weighted by Gasteiger charge is 2.41. The van der Waals surface area contributed by atoms with Crippen molar-refractivity contribution in [3.05, 3.63) is 16.3 Å². The zero-order valence-corrected chi connectivity index (χ0v) is 12.0. The van der Waals surface area contributed by atoms with Gasteiger partial charge in [-0.05, 0) is 38.7 Å². The van der Waals surface area contributed by atoms with E-state index in [-0.39, 0.29) is 5.54 Å². The van der Waals surface area contributed by atoms with E-state index in [9.17, 15) is 8.42 Å². The topological polar surface area (TPSA) is 58.2 Å². The summed E-state index contributed by atoms with van der Waals surface area (Å²) in [6.07, 6.45) is 4.37. The molecule has 4 nitrogen and oxygen atoms in total. The summed E-state index contributed by atoms with van der Waals surface area (Å²) in [5.41, 5.74) is -0.201. The molecule has 18 heavy (non-hydrogen) atoms. The maximum absolute atomic E-state index is 12.1. The van der Waals surface area contributed by atoms with Gasteiger partial charge in [0, 0.05) is 28.4 Å². The second-order valence-electron chi connectivity index (χ2n) is 5.57. The Morgan fingerprint density at radius 2 is 2.17 bits per heavy atom. The quantitative estimate of drug-likeness (QED) is 0.839. The third-order valence-electron chi connectivity index (χ3n) is 3.46. The van der Waals surface area contributed by atoms with Gasteiger partial charge in [-0.2, -0.15) is 0 Å². The van der Waals surface area contributed by atoms with E-state index in [4.69, 9.17) is 0 Å². The third kappa shape index (κ3) is 2.93. The summed E-state index contributed by atoms with van der Waals surface area (Å²) in [5, 5.41) is 5.13. The SMILES string of the molecule is CC1(NS(=O)(=O)c2csc(CNC3CC3)c2)CC1. The highest BCUT2D eigenvalue weighted by molar-refractivity contribution is 7.89. The number of sulfonamides is 1. The van der Waals surface area contributed by atoms with Crippen LogP contribution in [0.3, 0.4) is 0 Å². The van der Waals surface area contributed by atoms with Crippen LogP contribution in [-0.2, 0) is 16.6 Å². The van der Waals surface area contributed by atoms with Gasteiger partial charge < -0.3 is 5.32 Å². The van der Waals surface area contributed by atoms with Gasteiger partial charge in [0.15, 0.2) is 0 Å². The second kappa shape index (κ2) is 4.30. The maximum atomic E-state index is 12.1. The van der Waals surface area contributed by atoms with Crippen LogP contribution in [0.4, 0.5) is 0 Å². The molecule has 2 fully saturated rings. The van der Waals surface area contributed by atoms with E-state index in [1.54, 1.807) is 11.4 Å². The Bertz CT molecular complexity index is 542. The fourth-order valence-electron chi connectivity index (χ4n) is 1.80. The Balaban J connectivity index is 1.67. The minimum atomic E-state index is -3.32. The van der Waals surface area contributed by atoms with Crippen molar-refractivity contribution in [2.45, 2.75) is 55.6 Å². The third-order valence-corrected chi connectivity index (χ3v) is 6.17. The predicted octanol–water partition coefficient (Wildman–Crippen LogP) is 1.83. The van der Waals surface area contributed by atoms with Gasteiger partial charge in [-0.15, -0.1) is 11.3 Å². The molecule has 1 aromatic heterocycles. The fourth-order valence-corrected chi connectivity index (χ4v) is 4.49. The molecule has 0 atom stereocenters. The summed E-state index contributed by atoms with van der Waals surface area (Å²) in [4.78, 5) is 1.50. The van der Waals surface area contributed by atoms with E-state index in [0.29, 0.717) is 10.9 Å². The molecule has 2 N–H and O–H groups in total. The molecule has 6 heteroatoms. The normalized spacial score (nSPS) is 22.1. The molecule has 2 aliphatic rings.